The summed E-state index contributed by atoms with van der Waals surface area (Å²) in [6, 6.07) is 3.49. The van der Waals surface area contributed by atoms with Crippen LogP contribution in [0.4, 0.5) is 5.69 Å². The molecule has 0 aromatic heterocycles. The second-order valence-corrected chi connectivity index (χ2v) is 6.59. The van der Waals surface area contributed by atoms with Gasteiger partial charge in [0.15, 0.2) is 0 Å². The molecule has 1 aliphatic carbocycles. The van der Waals surface area contributed by atoms with Gasteiger partial charge in [0.2, 0.25) is 0 Å². The first kappa shape index (κ1) is 17.8. The second kappa shape index (κ2) is 8.34. The zero-order valence-corrected chi connectivity index (χ0v) is 14.9. The van der Waals surface area contributed by atoms with E-state index in [1.54, 1.807) is 18.5 Å². The van der Waals surface area contributed by atoms with Gasteiger partial charge in [-0.3, -0.25) is 0 Å². The van der Waals surface area contributed by atoms with E-state index in [1.807, 2.05) is 18.9 Å². The summed E-state index contributed by atoms with van der Waals surface area (Å²) in [5.41, 5.74) is 2.09. The van der Waals surface area contributed by atoms with Crippen molar-refractivity contribution in [2.45, 2.75) is 39.5 Å². The van der Waals surface area contributed by atoms with Crippen molar-refractivity contribution in [2.24, 2.45) is 10.9 Å². The highest BCUT2D eigenvalue weighted by Gasteiger charge is 2.19. The van der Waals surface area contributed by atoms with Crippen molar-refractivity contribution in [3.05, 3.63) is 28.3 Å². The maximum atomic E-state index is 12.2. The van der Waals surface area contributed by atoms with E-state index in [9.17, 15) is 4.79 Å². The first-order valence-corrected chi connectivity index (χ1v) is 8.60. The van der Waals surface area contributed by atoms with Gasteiger partial charge in [-0.15, -0.1) is 0 Å². The lowest BCUT2D eigenvalue weighted by Gasteiger charge is -2.12. The molecular weight excluding hydrogens is 312 g/mol. The molecule has 1 fully saturated rings. The fourth-order valence-corrected chi connectivity index (χ4v) is 2.89. The fraction of sp³-hybridized carbons (Fsp3) is 0.556. The molecule has 0 spiro atoms. The molecule has 0 bridgehead atoms. The third-order valence-electron chi connectivity index (χ3n) is 4.32. The summed E-state index contributed by atoms with van der Waals surface area (Å²) < 4.78 is 5.43. The summed E-state index contributed by atoms with van der Waals surface area (Å²) in [5.74, 6) is 0.165. The SMILES string of the molecule is CCN(C)/C=N/c1cc(Cl)c(C(=O)OCC2CCCC2)cc1C. The highest BCUT2D eigenvalue weighted by molar-refractivity contribution is 6.33. The van der Waals surface area contributed by atoms with Gasteiger partial charge in [-0.2, -0.15) is 0 Å². The number of hydrogen-bond donors (Lipinski definition) is 0. The topological polar surface area (TPSA) is 41.9 Å². The lowest BCUT2D eigenvalue weighted by atomic mass is 10.1. The average Bonchev–Trinajstić information content (AvgIpc) is 3.06. The molecule has 0 N–H and O–H groups in total. The number of carbonyl (C=O) groups excluding carboxylic acids is 1. The molecule has 0 radical (unpaired) electrons. The van der Waals surface area contributed by atoms with Crippen LogP contribution in [0.5, 0.6) is 0 Å². The smallest absolute Gasteiger partial charge is 0.339 e. The van der Waals surface area contributed by atoms with Crippen molar-refractivity contribution >= 4 is 29.6 Å². The zero-order chi connectivity index (χ0) is 16.8. The van der Waals surface area contributed by atoms with Gasteiger partial charge in [-0.05, 0) is 50.3 Å². The van der Waals surface area contributed by atoms with E-state index < -0.39 is 0 Å². The van der Waals surface area contributed by atoms with Crippen LogP contribution in [-0.2, 0) is 4.74 Å². The summed E-state index contributed by atoms with van der Waals surface area (Å²) in [4.78, 5) is 18.6. The Bertz CT molecular complexity index is 581. The van der Waals surface area contributed by atoms with Crippen LogP contribution in [0.1, 0.15) is 48.5 Å². The van der Waals surface area contributed by atoms with Crippen LogP contribution in [-0.4, -0.2) is 37.4 Å². The zero-order valence-electron chi connectivity index (χ0n) is 14.1. The minimum Gasteiger partial charge on any atom is -0.462 e. The Balaban J connectivity index is 2.06. The maximum Gasteiger partial charge on any atom is 0.339 e. The predicted molar refractivity (Wildman–Crippen MR) is 94.9 cm³/mol. The van der Waals surface area contributed by atoms with Gasteiger partial charge in [0.25, 0.3) is 0 Å². The number of aryl methyl sites for hydroxylation is 1. The van der Waals surface area contributed by atoms with Crippen LogP contribution in [0.25, 0.3) is 0 Å². The van der Waals surface area contributed by atoms with Crippen LogP contribution < -0.4 is 0 Å². The second-order valence-electron chi connectivity index (χ2n) is 6.19. The maximum absolute atomic E-state index is 12.2. The number of halogens is 1. The minimum atomic E-state index is -0.341. The first-order valence-electron chi connectivity index (χ1n) is 8.23. The third kappa shape index (κ3) is 4.96. The predicted octanol–water partition coefficient (Wildman–Crippen LogP) is 4.61. The van der Waals surface area contributed by atoms with Gasteiger partial charge in [0.05, 0.1) is 29.2 Å². The number of nitrogens with zero attached hydrogens (tertiary/aromatic N) is 2. The lowest BCUT2D eigenvalue weighted by Crippen LogP contribution is -2.14. The largest absolute Gasteiger partial charge is 0.462 e. The fourth-order valence-electron chi connectivity index (χ4n) is 2.66. The van der Waals surface area contributed by atoms with Crippen molar-refractivity contribution in [1.82, 2.24) is 4.90 Å². The molecule has 1 saturated carbocycles. The van der Waals surface area contributed by atoms with Crippen molar-refractivity contribution in [2.75, 3.05) is 20.2 Å². The highest BCUT2D eigenvalue weighted by Crippen LogP contribution is 2.29. The Morgan fingerprint density at radius 1 is 1.43 bits per heavy atom. The number of benzene rings is 1. The van der Waals surface area contributed by atoms with Crippen molar-refractivity contribution in [3.63, 3.8) is 0 Å². The monoisotopic (exact) mass is 336 g/mol. The van der Waals surface area contributed by atoms with E-state index in [2.05, 4.69) is 11.9 Å². The summed E-state index contributed by atoms with van der Waals surface area (Å²) >= 11 is 6.25. The van der Waals surface area contributed by atoms with Crippen LogP contribution in [0.15, 0.2) is 17.1 Å². The molecule has 0 aliphatic heterocycles. The molecule has 0 saturated heterocycles. The molecule has 0 atom stereocenters. The van der Waals surface area contributed by atoms with E-state index in [-0.39, 0.29) is 5.97 Å². The summed E-state index contributed by atoms with van der Waals surface area (Å²) in [6.45, 7) is 5.34. The number of ether oxygens (including phenoxy) is 1. The number of esters is 1. The van der Waals surface area contributed by atoms with Crippen LogP contribution in [0.3, 0.4) is 0 Å². The summed E-state index contributed by atoms with van der Waals surface area (Å²) in [5, 5.41) is 0.387. The number of hydrogen-bond acceptors (Lipinski definition) is 3. The third-order valence-corrected chi connectivity index (χ3v) is 4.64. The van der Waals surface area contributed by atoms with Crippen LogP contribution in [0.2, 0.25) is 5.02 Å². The number of carbonyl (C=O) groups is 1. The van der Waals surface area contributed by atoms with Crippen LogP contribution in [0, 0.1) is 12.8 Å². The van der Waals surface area contributed by atoms with E-state index in [0.717, 1.165) is 30.6 Å². The first-order chi connectivity index (χ1) is 11.0. The lowest BCUT2D eigenvalue weighted by molar-refractivity contribution is 0.0442. The van der Waals surface area contributed by atoms with Gasteiger partial charge < -0.3 is 9.64 Å². The molecule has 1 aromatic carbocycles. The molecule has 1 aliphatic rings. The minimum absolute atomic E-state index is 0.341. The highest BCUT2D eigenvalue weighted by atomic mass is 35.5. The van der Waals surface area contributed by atoms with Crippen molar-refractivity contribution < 1.29 is 9.53 Å². The van der Waals surface area contributed by atoms with Gasteiger partial charge >= 0.3 is 5.97 Å². The molecule has 0 unspecified atom stereocenters. The van der Waals surface area contributed by atoms with E-state index in [1.165, 1.54) is 12.8 Å². The molecule has 5 heteroatoms. The Hall–Kier alpha value is -1.55. The quantitative estimate of drug-likeness (QED) is 0.433. The van der Waals surface area contributed by atoms with Crippen LogP contribution >= 0.6 is 11.6 Å². The molecular formula is C18H25ClN2O2. The molecule has 1 aromatic rings. The average molecular weight is 337 g/mol. The van der Waals surface area contributed by atoms with Gasteiger partial charge in [0.1, 0.15) is 0 Å². The number of rotatable bonds is 6. The molecule has 0 amide bonds. The Labute approximate surface area is 143 Å². The molecule has 4 nitrogen and oxygen atoms in total. The summed E-state index contributed by atoms with van der Waals surface area (Å²) in [7, 11) is 1.95. The Morgan fingerprint density at radius 2 is 2.13 bits per heavy atom. The van der Waals surface area contributed by atoms with Gasteiger partial charge in [-0.25, -0.2) is 9.79 Å². The van der Waals surface area contributed by atoms with E-state index in [4.69, 9.17) is 16.3 Å². The van der Waals surface area contributed by atoms with E-state index in [0.29, 0.717) is 23.1 Å². The van der Waals surface area contributed by atoms with Gasteiger partial charge in [-0.1, -0.05) is 24.4 Å². The molecule has 126 valence electrons. The number of aliphatic imine (C=N–C) groups is 1. The van der Waals surface area contributed by atoms with Crippen molar-refractivity contribution in [1.29, 1.82) is 0 Å². The molecule has 2 rings (SSSR count). The Kier molecular flexibility index (Phi) is 6.46. The summed E-state index contributed by atoms with van der Waals surface area (Å²) in [6.07, 6.45) is 6.54. The molecule has 23 heavy (non-hydrogen) atoms. The Morgan fingerprint density at radius 3 is 2.78 bits per heavy atom. The normalized spacial score (nSPS) is 15.3. The standard InChI is InChI=1S/C18H25ClN2O2/c1-4-21(3)12-20-17-10-16(19)15(9-13(17)2)18(22)23-11-14-7-5-6-8-14/h9-10,12,14H,4-8,11H2,1-3H3/b20-12+. The van der Waals surface area contributed by atoms with E-state index >= 15 is 0 Å². The molecule has 0 heterocycles. The van der Waals surface area contributed by atoms with Crippen molar-refractivity contribution in [3.8, 4) is 0 Å². The van der Waals surface area contributed by atoms with Gasteiger partial charge in [0, 0.05) is 13.6 Å².